The monoisotopic (exact) mass is 467 g/mol. The largest absolute Gasteiger partial charge is 0.505 e. The van der Waals surface area contributed by atoms with Gasteiger partial charge in [0, 0.05) is 16.0 Å². The molecule has 31 heavy (non-hydrogen) atoms. The van der Waals surface area contributed by atoms with Crippen molar-refractivity contribution in [2.75, 3.05) is 23.9 Å². The van der Waals surface area contributed by atoms with Crippen LogP contribution in [-0.4, -0.2) is 35.8 Å². The average molecular weight is 468 g/mol. The Labute approximate surface area is 190 Å². The first-order valence-corrected chi connectivity index (χ1v) is 11.4. The van der Waals surface area contributed by atoms with Gasteiger partial charge in [-0.15, -0.1) is 11.8 Å². The standard InChI is InChI=1S/C22H26FNO5S2/c1-22(2,10-11-28-19(26)13-30)20(14-4-9-18(25)17(23)12-14)29-21(27)24-15-5-7-16(31-3)8-6-15/h4-9,12,20,25,30H,10-11,13H2,1-3H3,(H,24,27)/t20-/m0/s1. The maximum absolute atomic E-state index is 14.0. The van der Waals surface area contributed by atoms with E-state index in [1.54, 1.807) is 23.9 Å². The molecule has 2 rings (SSSR count). The molecule has 1 amide bonds. The van der Waals surface area contributed by atoms with Gasteiger partial charge in [0.2, 0.25) is 0 Å². The fraction of sp³-hybridized carbons (Fsp3) is 0.364. The summed E-state index contributed by atoms with van der Waals surface area (Å²) >= 11 is 5.45. The van der Waals surface area contributed by atoms with Gasteiger partial charge < -0.3 is 14.6 Å². The zero-order chi connectivity index (χ0) is 23.0. The molecule has 0 aliphatic heterocycles. The molecule has 1 atom stereocenters. The van der Waals surface area contributed by atoms with E-state index in [0.717, 1.165) is 11.0 Å². The first-order valence-electron chi connectivity index (χ1n) is 9.53. The molecule has 0 saturated heterocycles. The Bertz CT molecular complexity index is 905. The summed E-state index contributed by atoms with van der Waals surface area (Å²) in [4.78, 5) is 25.0. The normalized spacial score (nSPS) is 12.2. The van der Waals surface area contributed by atoms with Crippen LogP contribution < -0.4 is 5.32 Å². The summed E-state index contributed by atoms with van der Waals surface area (Å²) in [6.07, 6.45) is 0.710. The number of phenolic OH excluding ortho intramolecular Hbond substituents is 1. The highest BCUT2D eigenvalue weighted by atomic mass is 32.2. The molecule has 0 aromatic heterocycles. The van der Waals surface area contributed by atoms with Gasteiger partial charge in [0.05, 0.1) is 12.4 Å². The smallest absolute Gasteiger partial charge is 0.412 e. The van der Waals surface area contributed by atoms with E-state index in [1.807, 2.05) is 32.2 Å². The third-order valence-corrected chi connectivity index (χ3v) is 5.69. The second-order valence-corrected chi connectivity index (χ2v) is 8.66. The van der Waals surface area contributed by atoms with E-state index >= 15 is 0 Å². The third-order valence-electron chi connectivity index (χ3n) is 4.68. The van der Waals surface area contributed by atoms with E-state index in [0.29, 0.717) is 17.7 Å². The number of hydrogen-bond acceptors (Lipinski definition) is 7. The summed E-state index contributed by atoms with van der Waals surface area (Å²) in [5, 5.41) is 12.2. The quantitative estimate of drug-likeness (QED) is 0.259. The number of ether oxygens (including phenoxy) is 2. The number of carbonyl (C=O) groups excluding carboxylic acids is 2. The zero-order valence-electron chi connectivity index (χ0n) is 17.6. The number of anilines is 1. The molecule has 6 nitrogen and oxygen atoms in total. The van der Waals surface area contributed by atoms with Crippen LogP contribution in [0.1, 0.15) is 31.9 Å². The molecule has 0 radical (unpaired) electrons. The van der Waals surface area contributed by atoms with Crippen molar-refractivity contribution < 1.29 is 28.6 Å². The van der Waals surface area contributed by atoms with Crippen LogP contribution in [0.15, 0.2) is 47.4 Å². The maximum Gasteiger partial charge on any atom is 0.412 e. The summed E-state index contributed by atoms with van der Waals surface area (Å²) in [5.41, 5.74) is 0.202. The molecule has 2 aromatic rings. The Morgan fingerprint density at radius 2 is 1.90 bits per heavy atom. The van der Waals surface area contributed by atoms with Crippen LogP contribution in [0.2, 0.25) is 0 Å². The van der Waals surface area contributed by atoms with Gasteiger partial charge >= 0.3 is 12.1 Å². The molecule has 9 heteroatoms. The van der Waals surface area contributed by atoms with Crippen LogP contribution in [0.25, 0.3) is 0 Å². The van der Waals surface area contributed by atoms with Crippen molar-refractivity contribution in [2.45, 2.75) is 31.3 Å². The summed E-state index contributed by atoms with van der Waals surface area (Å²) in [6, 6.07) is 11.1. The van der Waals surface area contributed by atoms with Crippen molar-refractivity contribution in [1.82, 2.24) is 0 Å². The summed E-state index contributed by atoms with van der Waals surface area (Å²) in [7, 11) is 0. The number of amides is 1. The molecule has 0 bridgehead atoms. The molecular weight excluding hydrogens is 441 g/mol. The number of rotatable bonds is 9. The minimum Gasteiger partial charge on any atom is -0.505 e. The number of aromatic hydroxyl groups is 1. The molecule has 2 N–H and O–H groups in total. The van der Waals surface area contributed by atoms with Gasteiger partial charge in [0.15, 0.2) is 11.6 Å². The van der Waals surface area contributed by atoms with Gasteiger partial charge in [0.25, 0.3) is 0 Å². The van der Waals surface area contributed by atoms with Crippen LogP contribution in [0.3, 0.4) is 0 Å². The van der Waals surface area contributed by atoms with E-state index in [4.69, 9.17) is 9.47 Å². The van der Waals surface area contributed by atoms with Crippen LogP contribution in [0.5, 0.6) is 5.75 Å². The van der Waals surface area contributed by atoms with Gasteiger partial charge in [-0.25, -0.2) is 9.18 Å². The number of halogens is 1. The predicted octanol–water partition coefficient (Wildman–Crippen LogP) is 5.43. The molecular formula is C22H26FNO5S2. The number of hydrogen-bond donors (Lipinski definition) is 3. The molecule has 0 heterocycles. The highest BCUT2D eigenvalue weighted by molar-refractivity contribution is 7.98. The average Bonchev–Trinajstić information content (AvgIpc) is 2.74. The van der Waals surface area contributed by atoms with Crippen LogP contribution in [0, 0.1) is 11.2 Å². The molecule has 0 fully saturated rings. The highest BCUT2D eigenvalue weighted by Crippen LogP contribution is 2.40. The van der Waals surface area contributed by atoms with Crippen LogP contribution in [0.4, 0.5) is 14.9 Å². The summed E-state index contributed by atoms with van der Waals surface area (Å²) in [5.74, 6) is -1.82. The number of benzene rings is 2. The minimum atomic E-state index is -0.872. The molecule has 0 aliphatic carbocycles. The number of carbonyl (C=O) groups is 2. The van der Waals surface area contributed by atoms with E-state index < -0.39 is 35.1 Å². The van der Waals surface area contributed by atoms with Crippen LogP contribution >= 0.6 is 24.4 Å². The maximum atomic E-state index is 14.0. The lowest BCUT2D eigenvalue weighted by Crippen LogP contribution is -2.30. The van der Waals surface area contributed by atoms with Gasteiger partial charge in [0.1, 0.15) is 6.10 Å². The Morgan fingerprint density at radius 1 is 1.23 bits per heavy atom. The second kappa shape index (κ2) is 11.3. The molecule has 0 spiro atoms. The molecule has 2 aromatic carbocycles. The van der Waals surface area contributed by atoms with Gasteiger partial charge in [-0.2, -0.15) is 12.6 Å². The van der Waals surface area contributed by atoms with Gasteiger partial charge in [-0.3, -0.25) is 10.1 Å². The molecule has 168 valence electrons. The molecule has 0 saturated carbocycles. The summed E-state index contributed by atoms with van der Waals surface area (Å²) in [6.45, 7) is 3.72. The molecule has 0 unspecified atom stereocenters. The Morgan fingerprint density at radius 3 is 2.48 bits per heavy atom. The lowest BCUT2D eigenvalue weighted by Gasteiger charge is -2.34. The van der Waals surface area contributed by atoms with E-state index in [-0.39, 0.29) is 12.4 Å². The van der Waals surface area contributed by atoms with E-state index in [2.05, 4.69) is 17.9 Å². The first kappa shape index (κ1) is 24.9. The molecule has 0 aliphatic rings. The second-order valence-electron chi connectivity index (χ2n) is 7.47. The lowest BCUT2D eigenvalue weighted by atomic mass is 9.80. The zero-order valence-corrected chi connectivity index (χ0v) is 19.3. The van der Waals surface area contributed by atoms with Crippen molar-refractivity contribution in [2.24, 2.45) is 5.41 Å². The van der Waals surface area contributed by atoms with Crippen molar-refractivity contribution in [3.8, 4) is 5.75 Å². The van der Waals surface area contributed by atoms with E-state index in [9.17, 15) is 19.1 Å². The number of phenols is 1. The van der Waals surface area contributed by atoms with E-state index in [1.165, 1.54) is 12.1 Å². The van der Waals surface area contributed by atoms with Crippen LogP contribution in [-0.2, 0) is 14.3 Å². The number of esters is 1. The third kappa shape index (κ3) is 7.36. The fourth-order valence-corrected chi connectivity index (χ4v) is 3.40. The number of thioether (sulfide) groups is 1. The van der Waals surface area contributed by atoms with Crippen molar-refractivity contribution in [3.63, 3.8) is 0 Å². The fourth-order valence-electron chi connectivity index (χ4n) is 2.90. The van der Waals surface area contributed by atoms with Gasteiger partial charge in [-0.1, -0.05) is 19.9 Å². The topological polar surface area (TPSA) is 84.9 Å². The Hall–Kier alpha value is -2.39. The van der Waals surface area contributed by atoms with Crippen molar-refractivity contribution in [3.05, 3.63) is 53.8 Å². The van der Waals surface area contributed by atoms with Crippen molar-refractivity contribution >= 4 is 42.1 Å². The first-order chi connectivity index (χ1) is 14.7. The Kier molecular flexibility index (Phi) is 9.06. The summed E-state index contributed by atoms with van der Waals surface area (Å²) < 4.78 is 24.8. The minimum absolute atomic E-state index is 0.0404. The number of nitrogens with one attached hydrogen (secondary N) is 1. The predicted molar refractivity (Wildman–Crippen MR) is 122 cm³/mol. The Balaban J connectivity index is 2.20. The SMILES string of the molecule is CSc1ccc(NC(=O)O[C@@H](c2ccc(O)c(F)c2)C(C)(C)CCOC(=O)CS)cc1. The highest BCUT2D eigenvalue weighted by Gasteiger charge is 2.35. The van der Waals surface area contributed by atoms with Crippen molar-refractivity contribution in [1.29, 1.82) is 0 Å². The van der Waals surface area contributed by atoms with Gasteiger partial charge in [-0.05, 0) is 54.6 Å². The number of thiol groups is 1. The lowest BCUT2D eigenvalue weighted by molar-refractivity contribution is -0.141.